The summed E-state index contributed by atoms with van der Waals surface area (Å²) < 4.78 is 0. The molecule has 0 spiro atoms. The third kappa shape index (κ3) is 1.71. The Morgan fingerprint density at radius 3 is 2.67 bits per heavy atom. The van der Waals surface area contributed by atoms with E-state index in [2.05, 4.69) is 4.98 Å². The smallest absolute Gasteiger partial charge is 0.184 e. The van der Waals surface area contributed by atoms with Crippen LogP contribution in [0.3, 0.4) is 0 Å². The molecule has 1 aliphatic rings. The highest BCUT2D eigenvalue weighted by molar-refractivity contribution is 6.12. The summed E-state index contributed by atoms with van der Waals surface area (Å²) in [4.78, 5) is 16.8. The number of rotatable bonds is 2. The van der Waals surface area contributed by atoms with E-state index in [4.69, 9.17) is 5.73 Å². The number of pyridine rings is 1. The van der Waals surface area contributed by atoms with Crippen LogP contribution in [0.5, 0.6) is 0 Å². The first-order chi connectivity index (χ1) is 8.71. The van der Waals surface area contributed by atoms with Crippen molar-refractivity contribution in [3.05, 3.63) is 42.2 Å². The Labute approximate surface area is 106 Å². The maximum absolute atomic E-state index is 12.6. The molecule has 1 fully saturated rings. The van der Waals surface area contributed by atoms with Crippen molar-refractivity contribution >= 4 is 16.6 Å². The molecule has 1 aliphatic carbocycles. The Balaban J connectivity index is 2.12. The average molecular weight is 240 g/mol. The van der Waals surface area contributed by atoms with Gasteiger partial charge in [-0.3, -0.25) is 9.78 Å². The van der Waals surface area contributed by atoms with Crippen LogP contribution in [0, 0.1) is 0 Å². The molecular formula is C15H16N2O. The summed E-state index contributed by atoms with van der Waals surface area (Å²) >= 11 is 0. The molecule has 0 radical (unpaired) electrons. The number of hydrogen-bond donors (Lipinski definition) is 1. The Morgan fingerprint density at radius 2 is 1.89 bits per heavy atom. The minimum Gasteiger partial charge on any atom is -0.319 e. The van der Waals surface area contributed by atoms with Gasteiger partial charge in [0.1, 0.15) is 0 Å². The number of benzene rings is 1. The fourth-order valence-corrected chi connectivity index (χ4v) is 2.80. The van der Waals surface area contributed by atoms with E-state index in [1.54, 1.807) is 12.4 Å². The van der Waals surface area contributed by atoms with Crippen molar-refractivity contribution in [3.63, 3.8) is 0 Å². The predicted octanol–water partition coefficient (Wildman–Crippen LogP) is 2.69. The summed E-state index contributed by atoms with van der Waals surface area (Å²) in [5.41, 5.74) is 6.24. The Bertz CT molecular complexity index is 595. The summed E-state index contributed by atoms with van der Waals surface area (Å²) in [6.07, 6.45) is 7.09. The van der Waals surface area contributed by atoms with Gasteiger partial charge in [0.25, 0.3) is 0 Å². The molecule has 2 aromatic rings. The minimum atomic E-state index is -0.675. The van der Waals surface area contributed by atoms with Gasteiger partial charge in [-0.2, -0.15) is 0 Å². The van der Waals surface area contributed by atoms with Gasteiger partial charge in [-0.1, -0.05) is 37.1 Å². The van der Waals surface area contributed by atoms with E-state index in [9.17, 15) is 4.79 Å². The van der Waals surface area contributed by atoms with Gasteiger partial charge in [-0.25, -0.2) is 0 Å². The molecule has 92 valence electrons. The number of Topliss-reactive ketones (excluding diaryl/α,β-unsaturated/α-hetero) is 1. The van der Waals surface area contributed by atoms with E-state index in [1.165, 1.54) is 0 Å². The first-order valence-electron chi connectivity index (χ1n) is 6.37. The molecule has 3 heteroatoms. The Hall–Kier alpha value is -1.74. The van der Waals surface area contributed by atoms with E-state index >= 15 is 0 Å². The molecule has 0 atom stereocenters. The molecule has 18 heavy (non-hydrogen) atoms. The van der Waals surface area contributed by atoms with Crippen molar-refractivity contribution in [1.29, 1.82) is 0 Å². The van der Waals surface area contributed by atoms with Crippen LogP contribution in [0.1, 0.15) is 36.0 Å². The van der Waals surface area contributed by atoms with Gasteiger partial charge in [0.2, 0.25) is 0 Å². The first-order valence-corrected chi connectivity index (χ1v) is 6.37. The number of carbonyl (C=O) groups excluding carboxylic acids is 1. The van der Waals surface area contributed by atoms with Gasteiger partial charge in [0.15, 0.2) is 5.78 Å². The van der Waals surface area contributed by atoms with Crippen molar-refractivity contribution in [3.8, 4) is 0 Å². The van der Waals surface area contributed by atoms with Crippen LogP contribution in [0.25, 0.3) is 10.8 Å². The molecule has 0 unspecified atom stereocenters. The standard InChI is InChI=1S/C15H16N2O/c16-15(7-3-4-8-15)14(18)13-10-17-9-11-5-1-2-6-12(11)13/h1-2,5-6,9-10H,3-4,7-8,16H2. The second kappa shape index (κ2) is 4.18. The van der Waals surface area contributed by atoms with E-state index in [0.717, 1.165) is 36.5 Å². The predicted molar refractivity (Wildman–Crippen MR) is 71.5 cm³/mol. The van der Waals surface area contributed by atoms with Crippen LogP contribution >= 0.6 is 0 Å². The van der Waals surface area contributed by atoms with Crippen molar-refractivity contribution in [2.24, 2.45) is 5.73 Å². The number of aromatic nitrogens is 1. The molecule has 1 aromatic heterocycles. The Kier molecular flexibility index (Phi) is 2.63. The quantitative estimate of drug-likeness (QED) is 0.821. The zero-order valence-electron chi connectivity index (χ0n) is 10.2. The highest BCUT2D eigenvalue weighted by atomic mass is 16.1. The summed E-state index contributed by atoms with van der Waals surface area (Å²) in [5.74, 6) is 0.0456. The lowest BCUT2D eigenvalue weighted by Gasteiger charge is -2.22. The molecular weight excluding hydrogens is 224 g/mol. The van der Waals surface area contributed by atoms with Gasteiger partial charge in [0, 0.05) is 23.3 Å². The summed E-state index contributed by atoms with van der Waals surface area (Å²) in [6, 6.07) is 7.82. The number of hydrogen-bond acceptors (Lipinski definition) is 3. The van der Waals surface area contributed by atoms with Crippen LogP contribution in [-0.2, 0) is 0 Å². The van der Waals surface area contributed by atoms with Crippen LogP contribution in [0.2, 0.25) is 0 Å². The van der Waals surface area contributed by atoms with E-state index < -0.39 is 5.54 Å². The highest BCUT2D eigenvalue weighted by Gasteiger charge is 2.38. The third-order valence-corrected chi connectivity index (χ3v) is 3.86. The van der Waals surface area contributed by atoms with E-state index in [0.29, 0.717) is 5.56 Å². The summed E-state index contributed by atoms with van der Waals surface area (Å²) in [5, 5.41) is 1.94. The highest BCUT2D eigenvalue weighted by Crippen LogP contribution is 2.32. The molecule has 0 amide bonds. The SMILES string of the molecule is NC1(C(=O)c2cncc3ccccc23)CCCC1. The molecule has 1 heterocycles. The molecule has 0 aliphatic heterocycles. The lowest BCUT2D eigenvalue weighted by molar-refractivity contribution is 0.0893. The van der Waals surface area contributed by atoms with Crippen molar-refractivity contribution in [2.45, 2.75) is 31.2 Å². The average Bonchev–Trinajstić information content (AvgIpc) is 2.85. The summed E-state index contributed by atoms with van der Waals surface area (Å²) in [7, 11) is 0. The second-order valence-electron chi connectivity index (χ2n) is 5.10. The van der Waals surface area contributed by atoms with E-state index in [-0.39, 0.29) is 5.78 Å². The number of ketones is 1. The van der Waals surface area contributed by atoms with Crippen LogP contribution in [0.15, 0.2) is 36.7 Å². The molecule has 0 bridgehead atoms. The fourth-order valence-electron chi connectivity index (χ4n) is 2.80. The zero-order valence-corrected chi connectivity index (χ0v) is 10.2. The number of nitrogens with zero attached hydrogens (tertiary/aromatic N) is 1. The maximum Gasteiger partial charge on any atom is 0.184 e. The van der Waals surface area contributed by atoms with Crippen molar-refractivity contribution in [1.82, 2.24) is 4.98 Å². The van der Waals surface area contributed by atoms with Crippen LogP contribution in [0.4, 0.5) is 0 Å². The topological polar surface area (TPSA) is 56.0 Å². The van der Waals surface area contributed by atoms with Crippen LogP contribution in [-0.4, -0.2) is 16.3 Å². The number of carbonyl (C=O) groups is 1. The first kappa shape index (κ1) is 11.4. The van der Waals surface area contributed by atoms with Gasteiger partial charge in [-0.15, -0.1) is 0 Å². The van der Waals surface area contributed by atoms with Crippen molar-refractivity contribution in [2.75, 3.05) is 0 Å². The molecule has 0 saturated heterocycles. The number of fused-ring (bicyclic) bond motifs is 1. The van der Waals surface area contributed by atoms with Crippen molar-refractivity contribution < 1.29 is 4.79 Å². The third-order valence-electron chi connectivity index (χ3n) is 3.86. The molecule has 2 N–H and O–H groups in total. The molecule has 1 aromatic carbocycles. The van der Waals surface area contributed by atoms with Gasteiger partial charge in [-0.05, 0) is 18.2 Å². The van der Waals surface area contributed by atoms with E-state index in [1.807, 2.05) is 24.3 Å². The number of nitrogens with two attached hydrogens (primary N) is 1. The van der Waals surface area contributed by atoms with Crippen LogP contribution < -0.4 is 5.73 Å². The van der Waals surface area contributed by atoms with Gasteiger partial charge < -0.3 is 5.73 Å². The largest absolute Gasteiger partial charge is 0.319 e. The molecule has 1 saturated carbocycles. The summed E-state index contributed by atoms with van der Waals surface area (Å²) in [6.45, 7) is 0. The lowest BCUT2D eigenvalue weighted by atomic mass is 9.87. The lowest BCUT2D eigenvalue weighted by Crippen LogP contribution is -2.45. The monoisotopic (exact) mass is 240 g/mol. The molecule has 3 nitrogen and oxygen atoms in total. The maximum atomic E-state index is 12.6. The Morgan fingerprint density at radius 1 is 1.17 bits per heavy atom. The van der Waals surface area contributed by atoms with Gasteiger partial charge in [0.05, 0.1) is 5.54 Å². The second-order valence-corrected chi connectivity index (χ2v) is 5.10. The van der Waals surface area contributed by atoms with Gasteiger partial charge >= 0.3 is 0 Å². The fraction of sp³-hybridized carbons (Fsp3) is 0.333. The zero-order chi connectivity index (χ0) is 12.6. The normalized spacial score (nSPS) is 18.1. The molecule has 3 rings (SSSR count). The minimum absolute atomic E-state index is 0.0456.